The number of amides is 1. The van der Waals surface area contributed by atoms with Crippen LogP contribution in [-0.4, -0.2) is 28.8 Å². The van der Waals surface area contributed by atoms with Gasteiger partial charge in [0, 0.05) is 23.5 Å². The molecule has 0 spiro atoms. The molecule has 2 aromatic rings. The maximum atomic E-state index is 13.1. The number of para-hydroxylation sites is 1. The Morgan fingerprint density at radius 2 is 1.93 bits per heavy atom. The zero-order valence-electron chi connectivity index (χ0n) is 14.8. The third-order valence-corrected chi connectivity index (χ3v) is 6.28. The lowest BCUT2D eigenvalue weighted by Crippen LogP contribution is -2.48. The van der Waals surface area contributed by atoms with Crippen molar-refractivity contribution in [2.24, 2.45) is 0 Å². The zero-order valence-corrected chi connectivity index (χ0v) is 15.6. The summed E-state index contributed by atoms with van der Waals surface area (Å²) in [6.07, 6.45) is 0.114. The van der Waals surface area contributed by atoms with Crippen LogP contribution in [0.15, 0.2) is 65.2 Å². The summed E-state index contributed by atoms with van der Waals surface area (Å²) in [6, 6.07) is 18.8. The lowest BCUT2D eigenvalue weighted by Gasteiger charge is -2.38. The molecule has 2 aliphatic rings. The van der Waals surface area contributed by atoms with Gasteiger partial charge in [0.15, 0.2) is 5.72 Å². The lowest BCUT2D eigenvalue weighted by molar-refractivity contribution is -0.149. The van der Waals surface area contributed by atoms with Crippen molar-refractivity contribution in [3.63, 3.8) is 0 Å². The summed E-state index contributed by atoms with van der Waals surface area (Å²) in [5.74, 6) is 0.368. The Balaban J connectivity index is 1.84. The van der Waals surface area contributed by atoms with Gasteiger partial charge in [-0.3, -0.25) is 9.69 Å². The SMILES string of the molecule is COc1ccccc1[C@H]1CC(=O)N2C(=C1C#N)SC[C@@]2(O)c1ccccc1. The zero-order chi connectivity index (χ0) is 19.0. The number of aliphatic hydroxyl groups is 1. The molecule has 5 nitrogen and oxygen atoms in total. The molecule has 0 bridgehead atoms. The largest absolute Gasteiger partial charge is 0.496 e. The summed E-state index contributed by atoms with van der Waals surface area (Å²) in [4.78, 5) is 14.5. The van der Waals surface area contributed by atoms with Crippen LogP contribution < -0.4 is 4.74 Å². The Morgan fingerprint density at radius 1 is 1.22 bits per heavy atom. The van der Waals surface area contributed by atoms with Gasteiger partial charge in [-0.2, -0.15) is 5.26 Å². The first-order chi connectivity index (χ1) is 13.1. The summed E-state index contributed by atoms with van der Waals surface area (Å²) in [6.45, 7) is 0. The quantitative estimate of drug-likeness (QED) is 0.887. The van der Waals surface area contributed by atoms with Crippen molar-refractivity contribution in [1.29, 1.82) is 5.26 Å². The van der Waals surface area contributed by atoms with E-state index in [0.29, 0.717) is 27.7 Å². The molecule has 2 aliphatic heterocycles. The Kier molecular flexibility index (Phi) is 4.42. The number of hydrogen-bond acceptors (Lipinski definition) is 5. The van der Waals surface area contributed by atoms with Crippen LogP contribution in [0.3, 0.4) is 0 Å². The number of carbonyl (C=O) groups excluding carboxylic acids is 1. The highest BCUT2D eigenvalue weighted by atomic mass is 32.2. The Labute approximate surface area is 161 Å². The Bertz CT molecular complexity index is 967. The Hall–Kier alpha value is -2.75. The highest BCUT2D eigenvalue weighted by Gasteiger charge is 2.52. The molecular formula is C21H18N2O3S. The molecule has 4 rings (SSSR count). The smallest absolute Gasteiger partial charge is 0.231 e. The molecule has 27 heavy (non-hydrogen) atoms. The van der Waals surface area contributed by atoms with Crippen LogP contribution in [0.5, 0.6) is 5.75 Å². The number of thioether (sulfide) groups is 1. The third kappa shape index (κ3) is 2.71. The first kappa shape index (κ1) is 17.7. The van der Waals surface area contributed by atoms with Gasteiger partial charge in [0.1, 0.15) is 5.75 Å². The van der Waals surface area contributed by atoms with Crippen LogP contribution in [0.25, 0.3) is 0 Å². The number of nitrogens with zero attached hydrogens (tertiary/aromatic N) is 2. The van der Waals surface area contributed by atoms with Gasteiger partial charge in [0.2, 0.25) is 5.91 Å². The number of carbonyl (C=O) groups is 1. The molecule has 2 heterocycles. The van der Waals surface area contributed by atoms with E-state index in [2.05, 4.69) is 6.07 Å². The van der Waals surface area contributed by atoms with Crippen LogP contribution in [0.4, 0.5) is 0 Å². The number of allylic oxidation sites excluding steroid dienone is 1. The van der Waals surface area contributed by atoms with E-state index in [-0.39, 0.29) is 18.2 Å². The van der Waals surface area contributed by atoms with Gasteiger partial charge in [-0.05, 0) is 6.07 Å². The fourth-order valence-electron chi connectivity index (χ4n) is 3.76. The van der Waals surface area contributed by atoms with Crippen molar-refractivity contribution in [2.45, 2.75) is 18.1 Å². The molecule has 6 heteroatoms. The second-order valence-electron chi connectivity index (χ2n) is 6.53. The second-order valence-corrected chi connectivity index (χ2v) is 7.49. The van der Waals surface area contributed by atoms with Crippen LogP contribution in [-0.2, 0) is 10.5 Å². The van der Waals surface area contributed by atoms with Gasteiger partial charge in [-0.15, -0.1) is 11.8 Å². The molecule has 0 aromatic heterocycles. The van der Waals surface area contributed by atoms with Crippen molar-refractivity contribution in [3.8, 4) is 11.8 Å². The van der Waals surface area contributed by atoms with Crippen molar-refractivity contribution in [1.82, 2.24) is 4.90 Å². The number of fused-ring (bicyclic) bond motifs is 1. The van der Waals surface area contributed by atoms with Gasteiger partial charge >= 0.3 is 0 Å². The predicted octanol–water partition coefficient (Wildman–Crippen LogP) is 3.34. The maximum Gasteiger partial charge on any atom is 0.231 e. The summed E-state index contributed by atoms with van der Waals surface area (Å²) < 4.78 is 5.44. The van der Waals surface area contributed by atoms with E-state index >= 15 is 0 Å². The van der Waals surface area contributed by atoms with Gasteiger partial charge in [0.05, 0.1) is 29.5 Å². The Morgan fingerprint density at radius 3 is 2.63 bits per heavy atom. The van der Waals surface area contributed by atoms with E-state index in [1.54, 1.807) is 19.2 Å². The van der Waals surface area contributed by atoms with Crippen LogP contribution in [0.2, 0.25) is 0 Å². The molecule has 136 valence electrons. The van der Waals surface area contributed by atoms with E-state index in [9.17, 15) is 15.2 Å². The van der Waals surface area contributed by atoms with Crippen molar-refractivity contribution in [3.05, 3.63) is 76.3 Å². The number of benzene rings is 2. The molecule has 1 amide bonds. The number of nitriles is 1. The summed E-state index contributed by atoms with van der Waals surface area (Å²) >= 11 is 1.35. The van der Waals surface area contributed by atoms with Crippen LogP contribution >= 0.6 is 11.8 Å². The minimum Gasteiger partial charge on any atom is -0.496 e. The van der Waals surface area contributed by atoms with Crippen molar-refractivity contribution < 1.29 is 14.6 Å². The van der Waals surface area contributed by atoms with Crippen LogP contribution in [0, 0.1) is 11.3 Å². The summed E-state index contributed by atoms with van der Waals surface area (Å²) in [5, 5.41) is 21.7. The number of hydrogen-bond donors (Lipinski definition) is 1. The lowest BCUT2D eigenvalue weighted by atomic mass is 9.85. The van der Waals surface area contributed by atoms with Crippen molar-refractivity contribution in [2.75, 3.05) is 12.9 Å². The molecule has 0 unspecified atom stereocenters. The average Bonchev–Trinajstić information content (AvgIpc) is 3.08. The maximum absolute atomic E-state index is 13.1. The minimum atomic E-state index is -1.44. The van der Waals surface area contributed by atoms with E-state index in [0.717, 1.165) is 5.56 Å². The first-order valence-corrected chi connectivity index (χ1v) is 9.59. The fraction of sp³-hybridized carbons (Fsp3) is 0.238. The van der Waals surface area contributed by atoms with E-state index in [1.807, 2.05) is 42.5 Å². The summed E-state index contributed by atoms with van der Waals surface area (Å²) in [7, 11) is 1.58. The third-order valence-electron chi connectivity index (χ3n) is 5.06. The molecule has 0 saturated carbocycles. The highest BCUT2D eigenvalue weighted by molar-refractivity contribution is 8.03. The molecular weight excluding hydrogens is 360 g/mol. The van der Waals surface area contributed by atoms with Gasteiger partial charge in [0.25, 0.3) is 0 Å². The molecule has 0 radical (unpaired) electrons. The number of ether oxygens (including phenoxy) is 1. The highest BCUT2D eigenvalue weighted by Crippen LogP contribution is 2.52. The van der Waals surface area contributed by atoms with Crippen LogP contribution in [0.1, 0.15) is 23.5 Å². The predicted molar refractivity (Wildman–Crippen MR) is 103 cm³/mol. The topological polar surface area (TPSA) is 73.6 Å². The minimum absolute atomic E-state index is 0.114. The summed E-state index contributed by atoms with van der Waals surface area (Å²) in [5.41, 5.74) is 0.518. The van der Waals surface area contributed by atoms with Gasteiger partial charge in [-0.1, -0.05) is 48.5 Å². The molecule has 1 N–H and O–H groups in total. The average molecular weight is 378 g/mol. The number of methoxy groups -OCH3 is 1. The van der Waals surface area contributed by atoms with E-state index in [1.165, 1.54) is 16.7 Å². The first-order valence-electron chi connectivity index (χ1n) is 8.61. The molecule has 0 aliphatic carbocycles. The van der Waals surface area contributed by atoms with Gasteiger partial charge < -0.3 is 9.84 Å². The van der Waals surface area contributed by atoms with E-state index in [4.69, 9.17) is 4.74 Å². The van der Waals surface area contributed by atoms with Crippen molar-refractivity contribution >= 4 is 17.7 Å². The van der Waals surface area contributed by atoms with E-state index < -0.39 is 5.72 Å². The molecule has 2 aromatic carbocycles. The normalized spacial score (nSPS) is 24.6. The monoisotopic (exact) mass is 378 g/mol. The second kappa shape index (κ2) is 6.76. The molecule has 1 fully saturated rings. The fourth-order valence-corrected chi connectivity index (χ4v) is 5.12. The molecule has 1 saturated heterocycles. The molecule has 2 atom stereocenters. The van der Waals surface area contributed by atoms with Gasteiger partial charge in [-0.25, -0.2) is 0 Å². The standard InChI is InChI=1S/C21H18N2O3S/c1-26-18-10-6-5-9-15(18)16-11-19(24)23-20(17(16)12-22)27-13-21(23,25)14-7-3-2-4-8-14/h2-10,16,25H,11,13H2,1H3/t16-,21-/m1/s1. The number of rotatable bonds is 3.